The summed E-state index contributed by atoms with van der Waals surface area (Å²) in [6, 6.07) is 0. The fourth-order valence-electron chi connectivity index (χ4n) is 2.99. The summed E-state index contributed by atoms with van der Waals surface area (Å²) in [6.07, 6.45) is 2.91. The fraction of sp³-hybridized carbons (Fsp3) is 0.750. The molecule has 0 bridgehead atoms. The number of nitrogens with two attached hydrogens (primary N) is 2. The topological polar surface area (TPSA) is 129 Å². The van der Waals surface area contributed by atoms with Gasteiger partial charge in [-0.25, -0.2) is 9.98 Å². The minimum atomic E-state index is -0.636. The van der Waals surface area contributed by atoms with E-state index >= 15 is 0 Å². The first-order valence-electron chi connectivity index (χ1n) is 8.15. The highest BCUT2D eigenvalue weighted by molar-refractivity contribution is 6.35. The van der Waals surface area contributed by atoms with Gasteiger partial charge in [-0.05, 0) is 53.4 Å². The molecule has 0 saturated heterocycles. The van der Waals surface area contributed by atoms with Gasteiger partial charge in [0.1, 0.15) is 12.2 Å². The number of ether oxygens (including phenoxy) is 2. The SMILES string of the molecule is CC1(C)N=C(C(N)=O)OC1CCCCC1OC(C(N)=O)=NC1(C)C. The number of amides is 2. The van der Waals surface area contributed by atoms with Gasteiger partial charge in [-0.3, -0.25) is 9.59 Å². The lowest BCUT2D eigenvalue weighted by Gasteiger charge is -2.25. The quantitative estimate of drug-likeness (QED) is 0.661. The van der Waals surface area contributed by atoms with Crippen molar-refractivity contribution in [2.45, 2.75) is 76.7 Å². The first-order valence-corrected chi connectivity index (χ1v) is 8.15. The van der Waals surface area contributed by atoms with Crippen molar-refractivity contribution in [3.63, 3.8) is 0 Å². The molecule has 0 radical (unpaired) electrons. The molecule has 4 N–H and O–H groups in total. The molecule has 24 heavy (non-hydrogen) atoms. The summed E-state index contributed by atoms with van der Waals surface area (Å²) in [4.78, 5) is 30.9. The number of primary amides is 2. The zero-order chi connectivity index (χ0) is 18.1. The first-order chi connectivity index (χ1) is 11.0. The molecule has 2 aliphatic heterocycles. The van der Waals surface area contributed by atoms with Crippen LogP contribution in [0.25, 0.3) is 0 Å². The molecular formula is C16H26N4O4. The molecule has 2 atom stereocenters. The van der Waals surface area contributed by atoms with E-state index in [1.165, 1.54) is 0 Å². The molecule has 2 heterocycles. The van der Waals surface area contributed by atoms with Crippen LogP contribution in [0.1, 0.15) is 53.4 Å². The van der Waals surface area contributed by atoms with E-state index < -0.39 is 22.9 Å². The van der Waals surface area contributed by atoms with Crippen molar-refractivity contribution in [2.24, 2.45) is 21.5 Å². The van der Waals surface area contributed by atoms with E-state index in [9.17, 15) is 9.59 Å². The Morgan fingerprint density at radius 3 is 1.46 bits per heavy atom. The molecule has 8 nitrogen and oxygen atoms in total. The molecule has 0 fully saturated rings. The van der Waals surface area contributed by atoms with Gasteiger partial charge >= 0.3 is 11.8 Å². The Hall–Kier alpha value is -2.12. The van der Waals surface area contributed by atoms with E-state index in [2.05, 4.69) is 9.98 Å². The van der Waals surface area contributed by atoms with Gasteiger partial charge in [-0.1, -0.05) is 0 Å². The predicted octanol–water partition coefficient (Wildman–Crippen LogP) is 0.669. The minimum Gasteiger partial charge on any atom is -0.468 e. The van der Waals surface area contributed by atoms with E-state index in [4.69, 9.17) is 20.9 Å². The van der Waals surface area contributed by atoms with Crippen molar-refractivity contribution >= 4 is 23.6 Å². The van der Waals surface area contributed by atoms with E-state index in [1.54, 1.807) is 0 Å². The van der Waals surface area contributed by atoms with Crippen LogP contribution in [-0.2, 0) is 19.1 Å². The molecule has 0 aliphatic carbocycles. The second-order valence-corrected chi connectivity index (χ2v) is 7.37. The molecule has 0 aromatic heterocycles. The summed E-state index contributed by atoms with van der Waals surface area (Å²) < 4.78 is 11.1. The van der Waals surface area contributed by atoms with Crippen LogP contribution in [0.4, 0.5) is 0 Å². The second-order valence-electron chi connectivity index (χ2n) is 7.37. The summed E-state index contributed by atoms with van der Waals surface area (Å²) in [5.74, 6) is -1.26. The van der Waals surface area contributed by atoms with Crippen LogP contribution in [0.2, 0.25) is 0 Å². The van der Waals surface area contributed by atoms with Gasteiger partial charge in [0.25, 0.3) is 11.8 Å². The van der Waals surface area contributed by atoms with Crippen molar-refractivity contribution in [2.75, 3.05) is 0 Å². The van der Waals surface area contributed by atoms with Crippen LogP contribution in [0, 0.1) is 0 Å². The minimum absolute atomic E-state index is 0.00441. The normalized spacial score (nSPS) is 27.0. The number of carbonyl (C=O) groups is 2. The third kappa shape index (κ3) is 3.85. The van der Waals surface area contributed by atoms with Gasteiger partial charge in [0.05, 0.1) is 11.1 Å². The molecule has 134 valence electrons. The third-order valence-electron chi connectivity index (χ3n) is 4.47. The molecular weight excluding hydrogens is 312 g/mol. The lowest BCUT2D eigenvalue weighted by Crippen LogP contribution is -2.33. The number of hydrogen-bond acceptors (Lipinski definition) is 6. The number of rotatable bonds is 7. The summed E-state index contributed by atoms with van der Waals surface area (Å²) in [5, 5.41) is 0. The predicted molar refractivity (Wildman–Crippen MR) is 89.6 cm³/mol. The molecule has 2 rings (SSSR count). The Balaban J connectivity index is 1.79. The Bertz CT molecular complexity index is 543. The Morgan fingerprint density at radius 1 is 0.875 bits per heavy atom. The standard InChI is InChI=1S/C16H26N4O4/c1-15(2)9(23-13(19-15)11(17)21)7-5-6-8-10-16(3,4)20-14(24-10)12(18)22/h9-10H,5-8H2,1-4H3,(H2,17,21)(H2,18,22). The Kier molecular flexibility index (Phi) is 4.87. The average molecular weight is 338 g/mol. The molecule has 0 aromatic rings. The average Bonchev–Trinajstić information content (AvgIpc) is 2.91. The Labute approximate surface area is 141 Å². The fourth-order valence-corrected chi connectivity index (χ4v) is 2.99. The van der Waals surface area contributed by atoms with E-state index in [1.807, 2.05) is 27.7 Å². The highest BCUT2D eigenvalue weighted by Crippen LogP contribution is 2.31. The van der Waals surface area contributed by atoms with Gasteiger partial charge in [0.2, 0.25) is 0 Å². The highest BCUT2D eigenvalue weighted by Gasteiger charge is 2.41. The van der Waals surface area contributed by atoms with Gasteiger partial charge in [0.15, 0.2) is 0 Å². The number of carbonyl (C=O) groups excluding carboxylic acids is 2. The number of nitrogens with zero attached hydrogens (tertiary/aromatic N) is 2. The van der Waals surface area contributed by atoms with Gasteiger partial charge in [-0.2, -0.15) is 0 Å². The van der Waals surface area contributed by atoms with Crippen LogP contribution >= 0.6 is 0 Å². The number of unbranched alkanes of at least 4 members (excludes halogenated alkanes) is 1. The first kappa shape index (κ1) is 18.2. The summed E-state index contributed by atoms with van der Waals surface area (Å²) in [7, 11) is 0. The van der Waals surface area contributed by atoms with Crippen molar-refractivity contribution in [1.29, 1.82) is 0 Å². The van der Waals surface area contributed by atoms with Crippen LogP contribution in [0.15, 0.2) is 9.98 Å². The monoisotopic (exact) mass is 338 g/mol. The van der Waals surface area contributed by atoms with Crippen molar-refractivity contribution in [3.05, 3.63) is 0 Å². The maximum Gasteiger partial charge on any atom is 0.303 e. The van der Waals surface area contributed by atoms with E-state index in [0.29, 0.717) is 0 Å². The van der Waals surface area contributed by atoms with Crippen LogP contribution in [0.3, 0.4) is 0 Å². The third-order valence-corrected chi connectivity index (χ3v) is 4.47. The largest absolute Gasteiger partial charge is 0.468 e. The summed E-state index contributed by atoms with van der Waals surface area (Å²) in [6.45, 7) is 7.68. The van der Waals surface area contributed by atoms with E-state index in [-0.39, 0.29) is 24.0 Å². The maximum absolute atomic E-state index is 11.2. The molecule has 0 saturated carbocycles. The lowest BCUT2D eigenvalue weighted by molar-refractivity contribution is -0.114. The van der Waals surface area contributed by atoms with Gasteiger partial charge in [0, 0.05) is 0 Å². The van der Waals surface area contributed by atoms with Crippen molar-refractivity contribution in [1.82, 2.24) is 0 Å². The van der Waals surface area contributed by atoms with Crippen LogP contribution < -0.4 is 11.5 Å². The van der Waals surface area contributed by atoms with E-state index in [0.717, 1.165) is 25.7 Å². The molecule has 0 spiro atoms. The highest BCUT2D eigenvalue weighted by atomic mass is 16.5. The zero-order valence-electron chi connectivity index (χ0n) is 14.7. The number of hydrogen-bond donors (Lipinski definition) is 2. The maximum atomic E-state index is 11.2. The summed E-state index contributed by atoms with van der Waals surface area (Å²) >= 11 is 0. The Morgan fingerprint density at radius 2 is 1.21 bits per heavy atom. The molecule has 0 aromatic carbocycles. The molecule has 2 aliphatic rings. The van der Waals surface area contributed by atoms with Crippen LogP contribution in [0.5, 0.6) is 0 Å². The van der Waals surface area contributed by atoms with Crippen molar-refractivity contribution < 1.29 is 19.1 Å². The molecule has 8 heteroatoms. The van der Waals surface area contributed by atoms with Gasteiger partial charge in [-0.15, -0.1) is 0 Å². The second kappa shape index (κ2) is 6.41. The summed E-state index contributed by atoms with van der Waals surface area (Å²) in [5.41, 5.74) is 9.52. The van der Waals surface area contributed by atoms with Crippen molar-refractivity contribution in [3.8, 4) is 0 Å². The zero-order valence-corrected chi connectivity index (χ0v) is 14.7. The smallest absolute Gasteiger partial charge is 0.303 e. The van der Waals surface area contributed by atoms with Gasteiger partial charge < -0.3 is 20.9 Å². The molecule has 2 unspecified atom stereocenters. The lowest BCUT2D eigenvalue weighted by atomic mass is 9.91. The molecule has 2 amide bonds. The van der Waals surface area contributed by atoms with Crippen LogP contribution in [-0.4, -0.2) is 46.9 Å². The number of aliphatic imine (C=N–C) groups is 2.